The van der Waals surface area contributed by atoms with Crippen molar-refractivity contribution in [2.45, 2.75) is 93.6 Å². The first-order valence-corrected chi connectivity index (χ1v) is 26.1. The minimum atomic E-state index is -5.22. The Morgan fingerprint density at radius 2 is 1.58 bits per heavy atom. The summed E-state index contributed by atoms with van der Waals surface area (Å²) in [5, 5.41) is 8.84. The number of fused-ring (bicyclic) bond motifs is 4. The summed E-state index contributed by atoms with van der Waals surface area (Å²) < 4.78 is 199. The molecule has 0 spiro atoms. The summed E-state index contributed by atoms with van der Waals surface area (Å²) in [4.78, 5) is 36.8. The van der Waals surface area contributed by atoms with E-state index in [0.29, 0.717) is 17.0 Å². The van der Waals surface area contributed by atoms with E-state index in [1.54, 1.807) is 0 Å². The second-order valence-electron chi connectivity index (χ2n) is 18.8. The smallest absolute Gasteiger partial charge is 0.370 e. The van der Waals surface area contributed by atoms with E-state index in [-0.39, 0.29) is 56.6 Å². The number of amides is 2. The Morgan fingerprint density at radius 3 is 2.16 bits per heavy atom. The van der Waals surface area contributed by atoms with Crippen molar-refractivity contribution in [3.8, 4) is 23.0 Å². The number of alkyl halides is 8. The van der Waals surface area contributed by atoms with Crippen molar-refractivity contribution in [3.63, 3.8) is 0 Å². The van der Waals surface area contributed by atoms with Crippen molar-refractivity contribution < 1.29 is 70.3 Å². The number of sulfonamides is 1. The number of aromatic nitrogens is 5. The molecule has 3 aliphatic carbocycles. The number of nitrogens with one attached hydrogen (secondary N) is 1. The van der Waals surface area contributed by atoms with Crippen LogP contribution in [0.5, 0.6) is 0 Å². The Hall–Kier alpha value is -6.47. The third kappa shape index (κ3) is 10.5. The number of anilines is 1. The van der Waals surface area contributed by atoms with E-state index in [1.165, 1.54) is 19.9 Å². The van der Waals surface area contributed by atoms with E-state index in [4.69, 9.17) is 23.1 Å². The van der Waals surface area contributed by atoms with Crippen molar-refractivity contribution >= 4 is 66.0 Å². The van der Waals surface area contributed by atoms with Crippen LogP contribution in [0.3, 0.4) is 0 Å². The number of nitrogens with two attached hydrogens (primary N) is 2. The molecule has 0 bridgehead atoms. The summed E-state index contributed by atoms with van der Waals surface area (Å²) in [6.07, 6.45) is -10.0. The minimum Gasteiger partial charge on any atom is -0.370 e. The number of aliphatic imine (C=N–C) groups is 1. The van der Waals surface area contributed by atoms with Gasteiger partial charge in [-0.1, -0.05) is 23.6 Å². The molecule has 1 unspecified atom stereocenters. The highest BCUT2D eigenvalue weighted by Crippen LogP contribution is 2.68. The summed E-state index contributed by atoms with van der Waals surface area (Å²) in [7, 11) is -8.67. The average molecular weight is 1110 g/mol. The molecule has 5 N–H and O–H groups in total. The van der Waals surface area contributed by atoms with E-state index >= 15 is 8.78 Å². The fourth-order valence-corrected chi connectivity index (χ4v) is 10.5. The molecule has 74 heavy (non-hydrogen) atoms. The third-order valence-electron chi connectivity index (χ3n) is 12.8. The molecule has 0 radical (unpaired) electrons. The standard InChI is InChI=1S/C45H41ClF10N10O6S2/c1-42(2,73(3,69)70)10-9-24-5-6-26(27-7-8-30(46)34-36(27)65(19-43(49,50)51)63-39(34)66(74(4,71)72)40(68)21-14-25(15-21)60-41(57)58)35(59-24)31(13-20-11-22(47)16-23(48)12-20)61-32(67)18-64-38-33(37(62-64)45(54,55)56)28-17-29(28)44(38,52)53/h5-8,11-12,16,21,25,28-29,31H,13-15,17-19H2,1-4H3,(H,61,67)(H4,57,58,60)/t21?,25?,28-,29+,31?/m0/s1. The first-order valence-electron chi connectivity index (χ1n) is 22.0. The lowest BCUT2D eigenvalue weighted by Gasteiger charge is -2.34. The Kier molecular flexibility index (Phi) is 13.4. The van der Waals surface area contributed by atoms with Crippen LogP contribution in [0.25, 0.3) is 22.0 Å². The quantitative estimate of drug-likeness (QED) is 0.0490. The zero-order valence-corrected chi connectivity index (χ0v) is 41.3. The number of sulfone groups is 1. The minimum absolute atomic E-state index is 0.0767. The highest BCUT2D eigenvalue weighted by molar-refractivity contribution is 7.93. The maximum atomic E-state index is 15.6. The van der Waals surface area contributed by atoms with Gasteiger partial charge in [0.1, 0.15) is 40.9 Å². The number of hydrogen-bond donors (Lipinski definition) is 3. The second-order valence-corrected chi connectivity index (χ2v) is 23.6. The SMILES string of the molecule is CC(C)(C#Cc1ccc(-c2ccc(Cl)c3c(N(C(=O)C4CC(N=C(N)N)C4)S(C)(=O)=O)nn(CC(F)(F)F)c23)c(C(Cc2cc(F)cc(F)c2)NC(=O)Cn2nc(C(F)(F)F)c3c2C(F)(F)[C@@H]2C[C@H]32)n1)S(C)(=O)=O. The number of halogens is 11. The monoisotopic (exact) mass is 1110 g/mol. The number of guanidine groups is 1. The highest BCUT2D eigenvalue weighted by atomic mass is 35.5. The predicted molar refractivity (Wildman–Crippen MR) is 247 cm³/mol. The van der Waals surface area contributed by atoms with Crippen LogP contribution in [0.15, 0.2) is 47.5 Å². The molecule has 3 aliphatic rings. The summed E-state index contributed by atoms with van der Waals surface area (Å²) in [6.45, 7) is -0.780. The molecule has 3 aromatic heterocycles. The second kappa shape index (κ2) is 18.4. The summed E-state index contributed by atoms with van der Waals surface area (Å²) in [5.41, 5.74) is 5.09. The first-order chi connectivity index (χ1) is 34.1. The topological polar surface area (TPSA) is 231 Å². The number of benzene rings is 2. The van der Waals surface area contributed by atoms with Crippen molar-refractivity contribution in [2.24, 2.45) is 28.3 Å². The van der Waals surface area contributed by atoms with Gasteiger partial charge in [-0.05, 0) is 87.3 Å². The van der Waals surface area contributed by atoms with Gasteiger partial charge < -0.3 is 16.8 Å². The molecule has 3 heterocycles. The van der Waals surface area contributed by atoms with Crippen LogP contribution < -0.4 is 21.1 Å². The van der Waals surface area contributed by atoms with E-state index in [2.05, 4.69) is 37.3 Å². The van der Waals surface area contributed by atoms with Crippen LogP contribution in [-0.2, 0) is 61.1 Å². The van der Waals surface area contributed by atoms with E-state index in [0.717, 1.165) is 36.6 Å². The predicted octanol–water partition coefficient (Wildman–Crippen LogP) is 6.64. The van der Waals surface area contributed by atoms with Crippen LogP contribution in [0.2, 0.25) is 5.02 Å². The molecule has 29 heteroatoms. The number of carbonyl (C=O) groups is 2. The maximum absolute atomic E-state index is 15.6. The molecule has 16 nitrogen and oxygen atoms in total. The molecule has 8 rings (SSSR count). The van der Waals surface area contributed by atoms with Gasteiger partial charge in [0.15, 0.2) is 27.3 Å². The molecule has 3 atom stereocenters. The van der Waals surface area contributed by atoms with Gasteiger partial charge in [0.05, 0.1) is 40.0 Å². The van der Waals surface area contributed by atoms with Gasteiger partial charge in [-0.15, -0.1) is 0 Å². The molecule has 5 aromatic rings. The van der Waals surface area contributed by atoms with Crippen LogP contribution in [0.1, 0.15) is 79.0 Å². The molecule has 2 fully saturated rings. The van der Waals surface area contributed by atoms with E-state index < -0.39 is 160 Å². The molecular weight excluding hydrogens is 1070 g/mol. The fourth-order valence-electron chi connectivity index (χ4n) is 9.10. The normalized spacial score (nSPS) is 19.7. The molecule has 2 saturated carbocycles. The fraction of sp³-hybridized carbons (Fsp3) is 0.422. The zero-order chi connectivity index (χ0) is 54.6. The largest absolute Gasteiger partial charge is 0.435 e. The van der Waals surface area contributed by atoms with Gasteiger partial charge in [-0.3, -0.25) is 23.9 Å². The number of carbonyl (C=O) groups excluding carboxylic acids is 2. The van der Waals surface area contributed by atoms with Gasteiger partial charge in [-0.2, -0.15) is 49.6 Å². The lowest BCUT2D eigenvalue weighted by molar-refractivity contribution is -0.143. The maximum Gasteiger partial charge on any atom is 0.435 e. The number of pyridine rings is 1. The van der Waals surface area contributed by atoms with Gasteiger partial charge >= 0.3 is 12.4 Å². The lowest BCUT2D eigenvalue weighted by Crippen LogP contribution is -2.46. The lowest BCUT2D eigenvalue weighted by atomic mass is 9.80. The van der Waals surface area contributed by atoms with E-state index in [1.807, 2.05) is 0 Å². The number of nitrogens with zero attached hydrogens (tertiary/aromatic N) is 7. The number of rotatable bonds is 13. The Labute approximate surface area is 419 Å². The van der Waals surface area contributed by atoms with Gasteiger partial charge in [0, 0.05) is 40.8 Å². The molecule has 2 amide bonds. The van der Waals surface area contributed by atoms with Crippen LogP contribution in [0.4, 0.5) is 49.7 Å². The van der Waals surface area contributed by atoms with Gasteiger partial charge in [0.25, 0.3) is 5.92 Å². The Balaban J connectivity index is 1.35. The Morgan fingerprint density at radius 1 is 0.946 bits per heavy atom. The molecular formula is C45H41ClF10N10O6S2. The van der Waals surface area contributed by atoms with Crippen molar-refractivity contribution in [2.75, 3.05) is 16.8 Å². The molecule has 2 aromatic carbocycles. The highest BCUT2D eigenvalue weighted by Gasteiger charge is 2.68. The summed E-state index contributed by atoms with van der Waals surface area (Å²) in [6, 6.07) is 4.25. The number of hydrogen-bond acceptors (Lipinski definition) is 10. The molecule has 396 valence electrons. The Bertz CT molecular complexity index is 3470. The zero-order valence-electron chi connectivity index (χ0n) is 38.9. The van der Waals surface area contributed by atoms with Crippen molar-refractivity contribution in [1.29, 1.82) is 0 Å². The molecule has 0 saturated heterocycles. The molecule has 0 aliphatic heterocycles. The van der Waals surface area contributed by atoms with Crippen molar-refractivity contribution in [3.05, 3.63) is 93.0 Å². The van der Waals surface area contributed by atoms with Crippen LogP contribution >= 0.6 is 11.6 Å². The third-order valence-corrected chi connectivity index (χ3v) is 16.1. The summed E-state index contributed by atoms with van der Waals surface area (Å²) in [5.74, 6) is -8.46. The average Bonchev–Trinajstić information content (AvgIpc) is 3.75. The van der Waals surface area contributed by atoms with Gasteiger partial charge in [0.2, 0.25) is 21.8 Å². The summed E-state index contributed by atoms with van der Waals surface area (Å²) >= 11 is 6.69. The van der Waals surface area contributed by atoms with Crippen molar-refractivity contribution in [1.82, 2.24) is 29.9 Å². The van der Waals surface area contributed by atoms with Crippen LogP contribution in [0, 0.1) is 35.3 Å². The van der Waals surface area contributed by atoms with Gasteiger partial charge in [-0.25, -0.2) is 30.6 Å². The van der Waals surface area contributed by atoms with Crippen LogP contribution in [-0.4, -0.2) is 88.6 Å². The first kappa shape index (κ1) is 53.8. The van der Waals surface area contributed by atoms with E-state index in [9.17, 15) is 61.5 Å².